The fourth-order valence-electron chi connectivity index (χ4n) is 2.43. The van der Waals surface area contributed by atoms with Gasteiger partial charge in [-0.15, -0.1) is 0 Å². The minimum Gasteiger partial charge on any atom is -0.466 e. The average Bonchev–Trinajstić information content (AvgIpc) is 2.66. The second-order valence-corrected chi connectivity index (χ2v) is 8.11. The molecule has 8 heteroatoms. The Labute approximate surface area is 159 Å². The first-order chi connectivity index (χ1) is 12.9. The molecular weight excluding hydrogens is 371 g/mol. The van der Waals surface area contributed by atoms with E-state index in [4.69, 9.17) is 4.74 Å². The summed E-state index contributed by atoms with van der Waals surface area (Å²) in [7, 11) is -2.27. The van der Waals surface area contributed by atoms with Crippen LogP contribution in [-0.4, -0.2) is 43.9 Å². The first-order valence-electron chi connectivity index (χ1n) is 8.66. The van der Waals surface area contributed by atoms with E-state index in [-0.39, 0.29) is 23.8 Å². The van der Waals surface area contributed by atoms with Crippen LogP contribution in [0.4, 0.5) is 4.39 Å². The monoisotopic (exact) mass is 394 g/mol. The molecule has 0 saturated heterocycles. The van der Waals surface area contributed by atoms with Crippen LogP contribution in [0, 0.1) is 5.82 Å². The molecule has 0 bridgehead atoms. The molecular formula is C19H23FN2O4S. The number of rotatable bonds is 10. The highest BCUT2D eigenvalue weighted by molar-refractivity contribution is 7.89. The standard InChI is InChI=1S/C19H23FN2O4S/c1-22(27(24,25)18-10-8-17(20)9-11-18)13-3-7-19(23)26-14-4-6-16-5-2-12-21-15-16/h2,5,8-12,15H,3-4,6-7,13-14H2,1H3. The van der Waals surface area contributed by atoms with Crippen LogP contribution in [0.5, 0.6) is 0 Å². The van der Waals surface area contributed by atoms with Crippen LogP contribution in [-0.2, 0) is 26.0 Å². The molecule has 0 aliphatic carbocycles. The van der Waals surface area contributed by atoms with Crippen molar-refractivity contribution in [3.05, 3.63) is 60.2 Å². The highest BCUT2D eigenvalue weighted by atomic mass is 32.2. The molecule has 0 aliphatic rings. The molecule has 146 valence electrons. The Balaban J connectivity index is 1.67. The summed E-state index contributed by atoms with van der Waals surface area (Å²) in [6.45, 7) is 0.488. The van der Waals surface area contributed by atoms with Gasteiger partial charge in [-0.1, -0.05) is 6.07 Å². The van der Waals surface area contributed by atoms with Gasteiger partial charge in [0.15, 0.2) is 0 Å². The number of pyridine rings is 1. The van der Waals surface area contributed by atoms with E-state index in [9.17, 15) is 17.6 Å². The van der Waals surface area contributed by atoms with Crippen LogP contribution in [0.25, 0.3) is 0 Å². The van der Waals surface area contributed by atoms with Crippen molar-refractivity contribution in [2.45, 2.75) is 30.6 Å². The van der Waals surface area contributed by atoms with Crippen molar-refractivity contribution in [2.24, 2.45) is 0 Å². The lowest BCUT2D eigenvalue weighted by Gasteiger charge is -2.17. The first-order valence-corrected chi connectivity index (χ1v) is 10.1. The molecule has 0 amide bonds. The number of aromatic nitrogens is 1. The zero-order valence-electron chi connectivity index (χ0n) is 15.2. The predicted molar refractivity (Wildman–Crippen MR) is 99.0 cm³/mol. The van der Waals surface area contributed by atoms with Gasteiger partial charge in [-0.3, -0.25) is 9.78 Å². The van der Waals surface area contributed by atoms with Crippen molar-refractivity contribution in [1.82, 2.24) is 9.29 Å². The van der Waals surface area contributed by atoms with Crippen LogP contribution < -0.4 is 0 Å². The molecule has 1 aromatic heterocycles. The minimum atomic E-state index is -3.70. The summed E-state index contributed by atoms with van der Waals surface area (Å²) in [6.07, 6.45) is 5.45. The molecule has 0 N–H and O–H groups in total. The number of esters is 1. The van der Waals surface area contributed by atoms with E-state index in [0.717, 1.165) is 28.4 Å². The maximum atomic E-state index is 12.9. The van der Waals surface area contributed by atoms with Crippen LogP contribution in [0.3, 0.4) is 0 Å². The van der Waals surface area contributed by atoms with Gasteiger partial charge in [0.25, 0.3) is 0 Å². The van der Waals surface area contributed by atoms with Crippen molar-refractivity contribution >= 4 is 16.0 Å². The Morgan fingerprint density at radius 1 is 1.19 bits per heavy atom. The smallest absolute Gasteiger partial charge is 0.305 e. The number of aryl methyl sites for hydroxylation is 1. The van der Waals surface area contributed by atoms with Crippen LogP contribution in [0.15, 0.2) is 53.7 Å². The predicted octanol–water partition coefficient (Wildman–Crippen LogP) is 2.80. The van der Waals surface area contributed by atoms with Gasteiger partial charge in [-0.2, -0.15) is 0 Å². The second kappa shape index (κ2) is 10.1. The van der Waals surface area contributed by atoms with Crippen molar-refractivity contribution in [3.8, 4) is 0 Å². The number of benzene rings is 1. The van der Waals surface area contributed by atoms with E-state index in [1.165, 1.54) is 19.2 Å². The third kappa shape index (κ3) is 6.73. The van der Waals surface area contributed by atoms with Crippen LogP contribution >= 0.6 is 0 Å². The van der Waals surface area contributed by atoms with Crippen molar-refractivity contribution in [2.75, 3.05) is 20.2 Å². The summed E-state index contributed by atoms with van der Waals surface area (Å²) >= 11 is 0. The fourth-order valence-corrected chi connectivity index (χ4v) is 3.64. The van der Waals surface area contributed by atoms with Crippen molar-refractivity contribution < 1.29 is 22.3 Å². The quantitative estimate of drug-likeness (QED) is 0.457. The highest BCUT2D eigenvalue weighted by Crippen LogP contribution is 2.15. The van der Waals surface area contributed by atoms with Crippen LogP contribution in [0.2, 0.25) is 0 Å². The van der Waals surface area contributed by atoms with Gasteiger partial charge in [0.05, 0.1) is 11.5 Å². The summed E-state index contributed by atoms with van der Waals surface area (Å²) in [5.74, 6) is -0.850. The zero-order valence-corrected chi connectivity index (χ0v) is 16.0. The Morgan fingerprint density at radius 2 is 1.93 bits per heavy atom. The Morgan fingerprint density at radius 3 is 2.59 bits per heavy atom. The summed E-state index contributed by atoms with van der Waals surface area (Å²) in [6, 6.07) is 8.46. The molecule has 0 aliphatic heterocycles. The molecule has 0 unspecified atom stereocenters. The summed E-state index contributed by atoms with van der Waals surface area (Å²) in [5, 5.41) is 0. The Bertz CT molecular complexity index is 827. The number of sulfonamides is 1. The number of carbonyl (C=O) groups is 1. The Hall–Kier alpha value is -2.32. The maximum Gasteiger partial charge on any atom is 0.305 e. The molecule has 1 aromatic carbocycles. The normalized spacial score (nSPS) is 11.5. The molecule has 2 aromatic rings. The summed E-state index contributed by atoms with van der Waals surface area (Å²) in [4.78, 5) is 15.8. The SMILES string of the molecule is CN(CCCC(=O)OCCCc1cccnc1)S(=O)(=O)c1ccc(F)cc1. The molecule has 6 nitrogen and oxygen atoms in total. The van der Waals surface area contributed by atoms with Gasteiger partial charge in [0.1, 0.15) is 5.82 Å². The average molecular weight is 394 g/mol. The fraction of sp³-hybridized carbons (Fsp3) is 0.368. The number of hydrogen-bond acceptors (Lipinski definition) is 5. The van der Waals surface area contributed by atoms with E-state index >= 15 is 0 Å². The largest absolute Gasteiger partial charge is 0.466 e. The molecule has 0 radical (unpaired) electrons. The van der Waals surface area contributed by atoms with Crippen molar-refractivity contribution in [1.29, 1.82) is 0 Å². The van der Waals surface area contributed by atoms with E-state index in [1.54, 1.807) is 12.4 Å². The number of halogens is 1. The zero-order chi connectivity index (χ0) is 19.7. The number of carbonyl (C=O) groups excluding carboxylic acids is 1. The molecule has 0 fully saturated rings. The van der Waals surface area contributed by atoms with E-state index in [1.807, 2.05) is 12.1 Å². The van der Waals surface area contributed by atoms with Gasteiger partial charge >= 0.3 is 5.97 Å². The lowest BCUT2D eigenvalue weighted by molar-refractivity contribution is -0.143. The maximum absolute atomic E-state index is 12.9. The van der Waals surface area contributed by atoms with Gasteiger partial charge in [0, 0.05) is 32.4 Å². The molecule has 2 rings (SSSR count). The summed E-state index contributed by atoms with van der Waals surface area (Å²) < 4.78 is 43.9. The van der Waals surface area contributed by atoms with Gasteiger partial charge < -0.3 is 4.74 Å². The highest BCUT2D eigenvalue weighted by Gasteiger charge is 2.20. The molecule has 1 heterocycles. The third-order valence-corrected chi connectivity index (χ3v) is 5.84. The Kier molecular flexibility index (Phi) is 7.87. The van der Waals surface area contributed by atoms with E-state index in [2.05, 4.69) is 4.98 Å². The number of hydrogen-bond donors (Lipinski definition) is 0. The molecule has 0 saturated carbocycles. The van der Waals surface area contributed by atoms with Gasteiger partial charge in [-0.25, -0.2) is 17.1 Å². The topological polar surface area (TPSA) is 76.6 Å². The third-order valence-electron chi connectivity index (χ3n) is 3.97. The molecule has 0 spiro atoms. The number of ether oxygens (including phenoxy) is 1. The van der Waals surface area contributed by atoms with Crippen LogP contribution in [0.1, 0.15) is 24.8 Å². The van der Waals surface area contributed by atoms with Crippen molar-refractivity contribution in [3.63, 3.8) is 0 Å². The molecule has 27 heavy (non-hydrogen) atoms. The summed E-state index contributed by atoms with van der Waals surface area (Å²) in [5.41, 5.74) is 1.08. The lowest BCUT2D eigenvalue weighted by atomic mass is 10.2. The van der Waals surface area contributed by atoms with Gasteiger partial charge in [0.2, 0.25) is 10.0 Å². The van der Waals surface area contributed by atoms with E-state index < -0.39 is 15.8 Å². The van der Waals surface area contributed by atoms with E-state index in [0.29, 0.717) is 19.4 Å². The molecule has 0 atom stereocenters. The first kappa shape index (κ1) is 21.0. The number of nitrogens with zero attached hydrogens (tertiary/aromatic N) is 2. The van der Waals surface area contributed by atoms with Gasteiger partial charge in [-0.05, 0) is 55.2 Å². The minimum absolute atomic E-state index is 0.0179. The lowest BCUT2D eigenvalue weighted by Crippen LogP contribution is -2.28. The second-order valence-electron chi connectivity index (χ2n) is 6.07.